The zero-order valence-electron chi connectivity index (χ0n) is 10.3. The Balaban J connectivity index is 2.45. The standard InChI is InChI=1S/C10H15N5OS/c1-5-17-10-12-11-8(15(10)3)7-6-14(2)13-9(7)16-4/h6H,5H2,1-4H3. The monoisotopic (exact) mass is 253 g/mol. The van der Waals surface area contributed by atoms with Crippen molar-refractivity contribution in [2.45, 2.75) is 12.1 Å². The molecular formula is C10H15N5OS. The number of nitrogens with zero attached hydrogens (tertiary/aromatic N) is 5. The van der Waals surface area contributed by atoms with Gasteiger partial charge in [-0.2, -0.15) is 0 Å². The molecule has 6 nitrogen and oxygen atoms in total. The van der Waals surface area contributed by atoms with Crippen molar-refractivity contribution < 1.29 is 4.74 Å². The van der Waals surface area contributed by atoms with Crippen LogP contribution >= 0.6 is 11.8 Å². The van der Waals surface area contributed by atoms with E-state index < -0.39 is 0 Å². The average molecular weight is 253 g/mol. The Morgan fingerprint density at radius 2 is 2.12 bits per heavy atom. The maximum atomic E-state index is 5.22. The van der Waals surface area contributed by atoms with Crippen LogP contribution in [0.3, 0.4) is 0 Å². The Morgan fingerprint density at radius 3 is 2.76 bits per heavy atom. The molecule has 0 aliphatic heterocycles. The maximum Gasteiger partial charge on any atom is 0.243 e. The fraction of sp³-hybridized carbons (Fsp3) is 0.500. The van der Waals surface area contributed by atoms with E-state index in [1.54, 1.807) is 23.6 Å². The topological polar surface area (TPSA) is 57.8 Å². The SMILES string of the molecule is CCSc1nnc(-c2cn(C)nc2OC)n1C. The van der Waals surface area contributed by atoms with E-state index >= 15 is 0 Å². The molecule has 0 spiro atoms. The molecule has 0 aromatic carbocycles. The van der Waals surface area contributed by atoms with E-state index in [0.717, 1.165) is 22.3 Å². The normalized spacial score (nSPS) is 10.8. The summed E-state index contributed by atoms with van der Waals surface area (Å²) < 4.78 is 8.88. The van der Waals surface area contributed by atoms with Gasteiger partial charge in [0.1, 0.15) is 5.56 Å². The molecule has 0 saturated heterocycles. The smallest absolute Gasteiger partial charge is 0.243 e. The lowest BCUT2D eigenvalue weighted by Gasteiger charge is -2.02. The Hall–Kier alpha value is -1.50. The van der Waals surface area contributed by atoms with Crippen LogP contribution in [-0.4, -0.2) is 37.4 Å². The first-order valence-corrected chi connectivity index (χ1v) is 6.26. The second kappa shape index (κ2) is 4.79. The lowest BCUT2D eigenvalue weighted by atomic mass is 10.3. The number of aromatic nitrogens is 5. The summed E-state index contributed by atoms with van der Waals surface area (Å²) in [6, 6.07) is 0. The second-order valence-electron chi connectivity index (χ2n) is 3.52. The van der Waals surface area contributed by atoms with Gasteiger partial charge in [0.05, 0.1) is 7.11 Å². The van der Waals surface area contributed by atoms with Gasteiger partial charge in [-0.1, -0.05) is 18.7 Å². The minimum Gasteiger partial charge on any atom is -0.479 e. The van der Waals surface area contributed by atoms with Crippen LogP contribution < -0.4 is 4.74 Å². The molecule has 0 N–H and O–H groups in total. The van der Waals surface area contributed by atoms with Crippen LogP contribution in [0.2, 0.25) is 0 Å². The zero-order valence-corrected chi connectivity index (χ0v) is 11.2. The first-order chi connectivity index (χ1) is 8.17. The molecule has 17 heavy (non-hydrogen) atoms. The molecule has 0 atom stereocenters. The minimum atomic E-state index is 0.566. The fourth-order valence-electron chi connectivity index (χ4n) is 1.58. The highest BCUT2D eigenvalue weighted by Gasteiger charge is 2.17. The van der Waals surface area contributed by atoms with E-state index in [9.17, 15) is 0 Å². The van der Waals surface area contributed by atoms with E-state index in [2.05, 4.69) is 22.2 Å². The van der Waals surface area contributed by atoms with Crippen molar-refractivity contribution in [1.29, 1.82) is 0 Å². The van der Waals surface area contributed by atoms with Crippen molar-refractivity contribution >= 4 is 11.8 Å². The Kier molecular flexibility index (Phi) is 3.37. The van der Waals surface area contributed by atoms with Gasteiger partial charge < -0.3 is 9.30 Å². The molecule has 92 valence electrons. The minimum absolute atomic E-state index is 0.566. The highest BCUT2D eigenvalue weighted by atomic mass is 32.2. The van der Waals surface area contributed by atoms with Gasteiger partial charge in [0.25, 0.3) is 0 Å². The van der Waals surface area contributed by atoms with Gasteiger partial charge >= 0.3 is 0 Å². The zero-order chi connectivity index (χ0) is 12.4. The predicted octanol–water partition coefficient (Wildman–Crippen LogP) is 1.34. The molecular weight excluding hydrogens is 238 g/mol. The van der Waals surface area contributed by atoms with Crippen LogP contribution in [0.15, 0.2) is 11.4 Å². The molecule has 0 aliphatic carbocycles. The second-order valence-corrected chi connectivity index (χ2v) is 4.76. The Morgan fingerprint density at radius 1 is 1.35 bits per heavy atom. The summed E-state index contributed by atoms with van der Waals surface area (Å²) in [7, 11) is 5.40. The molecule has 2 aromatic heterocycles. The highest BCUT2D eigenvalue weighted by Crippen LogP contribution is 2.28. The van der Waals surface area contributed by atoms with Gasteiger partial charge in [0, 0.05) is 20.3 Å². The average Bonchev–Trinajstić information content (AvgIpc) is 2.84. The molecule has 0 unspecified atom stereocenters. The molecule has 2 rings (SSSR count). The number of methoxy groups -OCH3 is 1. The van der Waals surface area contributed by atoms with Crippen molar-refractivity contribution in [3.8, 4) is 17.3 Å². The first kappa shape index (κ1) is 12.0. The summed E-state index contributed by atoms with van der Waals surface area (Å²) in [4.78, 5) is 0. The van der Waals surface area contributed by atoms with Crippen LogP contribution in [0.1, 0.15) is 6.92 Å². The molecule has 7 heteroatoms. The molecule has 0 saturated carbocycles. The molecule has 0 radical (unpaired) electrons. The summed E-state index contributed by atoms with van der Waals surface area (Å²) in [6.45, 7) is 2.09. The van der Waals surface area contributed by atoms with E-state index in [4.69, 9.17) is 4.74 Å². The quantitative estimate of drug-likeness (QED) is 0.769. The van der Waals surface area contributed by atoms with Crippen LogP contribution in [-0.2, 0) is 14.1 Å². The van der Waals surface area contributed by atoms with Gasteiger partial charge in [-0.05, 0) is 5.75 Å². The molecule has 2 aromatic rings. The molecule has 0 fully saturated rings. The lowest BCUT2D eigenvalue weighted by Crippen LogP contribution is -1.95. The summed E-state index contributed by atoms with van der Waals surface area (Å²) in [6.07, 6.45) is 1.88. The molecule has 2 heterocycles. The van der Waals surface area contributed by atoms with Crippen LogP contribution in [0.4, 0.5) is 0 Å². The number of thioether (sulfide) groups is 1. The lowest BCUT2D eigenvalue weighted by molar-refractivity contribution is 0.393. The van der Waals surface area contributed by atoms with Crippen LogP contribution in [0.25, 0.3) is 11.4 Å². The number of hydrogen-bond donors (Lipinski definition) is 0. The van der Waals surface area contributed by atoms with Crippen LogP contribution in [0, 0.1) is 0 Å². The van der Waals surface area contributed by atoms with Gasteiger partial charge in [-0.3, -0.25) is 4.68 Å². The first-order valence-electron chi connectivity index (χ1n) is 5.27. The highest BCUT2D eigenvalue weighted by molar-refractivity contribution is 7.99. The van der Waals surface area contributed by atoms with Crippen molar-refractivity contribution in [3.63, 3.8) is 0 Å². The summed E-state index contributed by atoms with van der Waals surface area (Å²) in [5.74, 6) is 2.30. The van der Waals surface area contributed by atoms with Crippen molar-refractivity contribution in [2.75, 3.05) is 12.9 Å². The van der Waals surface area contributed by atoms with E-state index in [0.29, 0.717) is 5.88 Å². The summed E-state index contributed by atoms with van der Waals surface area (Å²) in [5.41, 5.74) is 0.855. The third-order valence-electron chi connectivity index (χ3n) is 2.34. The van der Waals surface area contributed by atoms with Gasteiger partial charge in [-0.15, -0.1) is 15.3 Å². The van der Waals surface area contributed by atoms with Gasteiger partial charge in [0.15, 0.2) is 11.0 Å². The Labute approximate surface area is 104 Å². The number of aryl methyl sites for hydroxylation is 1. The van der Waals surface area contributed by atoms with Crippen molar-refractivity contribution in [3.05, 3.63) is 6.20 Å². The van der Waals surface area contributed by atoms with Gasteiger partial charge in [0.2, 0.25) is 5.88 Å². The predicted molar refractivity (Wildman–Crippen MR) is 66.2 cm³/mol. The molecule has 0 aliphatic rings. The van der Waals surface area contributed by atoms with Crippen LogP contribution in [0.5, 0.6) is 5.88 Å². The number of hydrogen-bond acceptors (Lipinski definition) is 5. The van der Waals surface area contributed by atoms with E-state index in [1.807, 2.05) is 24.9 Å². The summed E-state index contributed by atoms with van der Waals surface area (Å²) >= 11 is 1.66. The Bertz CT molecular complexity index is 519. The molecule has 0 bridgehead atoms. The maximum absolute atomic E-state index is 5.22. The summed E-state index contributed by atoms with van der Waals surface area (Å²) in [5, 5.41) is 13.4. The van der Waals surface area contributed by atoms with E-state index in [-0.39, 0.29) is 0 Å². The third-order valence-corrected chi connectivity index (χ3v) is 3.24. The van der Waals surface area contributed by atoms with E-state index in [1.165, 1.54) is 0 Å². The molecule has 0 amide bonds. The largest absolute Gasteiger partial charge is 0.479 e. The van der Waals surface area contributed by atoms with Gasteiger partial charge in [-0.25, -0.2) is 0 Å². The fourth-order valence-corrected chi connectivity index (χ4v) is 2.21. The number of ether oxygens (including phenoxy) is 1. The van der Waals surface area contributed by atoms with Crippen molar-refractivity contribution in [2.24, 2.45) is 14.1 Å². The third kappa shape index (κ3) is 2.14. The van der Waals surface area contributed by atoms with Crippen molar-refractivity contribution in [1.82, 2.24) is 24.5 Å². The number of rotatable bonds is 4.